The fraction of sp³-hybridized carbons (Fsp3) is 0.619. The molecule has 2 aliphatic rings. The Labute approximate surface area is 179 Å². The number of benzene rings is 1. The van der Waals surface area contributed by atoms with E-state index in [4.69, 9.17) is 21.7 Å². The molecule has 29 heavy (non-hydrogen) atoms. The van der Waals surface area contributed by atoms with Crippen LogP contribution < -0.4 is 15.5 Å². The second-order valence-corrected chi connectivity index (χ2v) is 7.94. The largest absolute Gasteiger partial charge is 0.496 e. The Kier molecular flexibility index (Phi) is 8.67. The molecule has 1 aromatic carbocycles. The molecule has 0 aromatic heterocycles. The summed E-state index contributed by atoms with van der Waals surface area (Å²) in [5, 5.41) is 8.23. The predicted octanol–water partition coefficient (Wildman–Crippen LogP) is 1.81. The average molecular weight is 420 g/mol. The van der Waals surface area contributed by atoms with Crippen molar-refractivity contribution in [1.29, 1.82) is 0 Å². The Hall–Kier alpha value is -1.74. The molecule has 160 valence electrons. The molecule has 2 heterocycles. The molecule has 2 fully saturated rings. The summed E-state index contributed by atoms with van der Waals surface area (Å²) < 4.78 is 10.9. The zero-order valence-electron chi connectivity index (χ0n) is 17.6. The first-order valence-electron chi connectivity index (χ1n) is 10.4. The number of nitrogens with zero attached hydrogens (tertiary/aromatic N) is 3. The van der Waals surface area contributed by atoms with Crippen LogP contribution in [0.1, 0.15) is 30.9 Å². The van der Waals surface area contributed by atoms with Crippen LogP contribution in [0.5, 0.6) is 5.75 Å². The molecule has 0 spiro atoms. The minimum atomic E-state index is 0.545. The van der Waals surface area contributed by atoms with Gasteiger partial charge in [-0.05, 0) is 68.8 Å². The Morgan fingerprint density at radius 2 is 1.93 bits per heavy atom. The normalized spacial score (nSPS) is 18.6. The van der Waals surface area contributed by atoms with Gasteiger partial charge >= 0.3 is 0 Å². The van der Waals surface area contributed by atoms with Crippen LogP contribution in [-0.2, 0) is 11.3 Å². The molecule has 1 aromatic rings. The van der Waals surface area contributed by atoms with Gasteiger partial charge in [-0.2, -0.15) is 5.10 Å². The lowest BCUT2D eigenvalue weighted by molar-refractivity contribution is 0.0389. The van der Waals surface area contributed by atoms with Crippen LogP contribution in [0.25, 0.3) is 0 Å². The van der Waals surface area contributed by atoms with E-state index in [1.54, 1.807) is 7.11 Å². The second kappa shape index (κ2) is 11.4. The maximum absolute atomic E-state index is 5.56. The zero-order valence-corrected chi connectivity index (χ0v) is 18.4. The predicted molar refractivity (Wildman–Crippen MR) is 121 cm³/mol. The Balaban J connectivity index is 1.50. The van der Waals surface area contributed by atoms with Crippen LogP contribution in [0, 0.1) is 0 Å². The van der Waals surface area contributed by atoms with Crippen molar-refractivity contribution in [3.8, 4) is 5.75 Å². The third-order valence-electron chi connectivity index (χ3n) is 5.43. The molecular weight excluding hydrogens is 386 g/mol. The standard InChI is InChI=1S/C21H33N5O2S/c1-17(23-24-21(29)22-7-10-25-11-13-28-14-12-25)18-5-6-20(27-2)19(15-18)16-26-8-3-4-9-26/h5-6,15H,3-4,7-14,16H2,1-2H3,(H2,22,24,29)/b23-17-. The molecule has 8 heteroatoms. The van der Waals surface area contributed by atoms with Gasteiger partial charge < -0.3 is 14.8 Å². The SMILES string of the molecule is COc1ccc(/C(C)=N\NC(=S)NCCN2CCOCC2)cc1CN1CCCC1. The summed E-state index contributed by atoms with van der Waals surface area (Å²) in [5.41, 5.74) is 6.13. The van der Waals surface area contributed by atoms with E-state index in [9.17, 15) is 0 Å². The van der Waals surface area contributed by atoms with Crippen LogP contribution in [0.15, 0.2) is 23.3 Å². The first-order valence-corrected chi connectivity index (χ1v) is 10.8. The van der Waals surface area contributed by atoms with Crippen molar-refractivity contribution in [1.82, 2.24) is 20.5 Å². The van der Waals surface area contributed by atoms with Crippen LogP contribution in [0.2, 0.25) is 0 Å². The van der Waals surface area contributed by atoms with Gasteiger partial charge in [-0.3, -0.25) is 15.2 Å². The number of hydrogen-bond donors (Lipinski definition) is 2. The Morgan fingerprint density at radius 3 is 2.66 bits per heavy atom. The fourth-order valence-corrected chi connectivity index (χ4v) is 3.85. The van der Waals surface area contributed by atoms with E-state index in [0.29, 0.717) is 5.11 Å². The van der Waals surface area contributed by atoms with Gasteiger partial charge in [0.25, 0.3) is 0 Å². The summed E-state index contributed by atoms with van der Waals surface area (Å²) in [4.78, 5) is 4.84. The lowest BCUT2D eigenvalue weighted by Gasteiger charge is -2.26. The molecule has 7 nitrogen and oxygen atoms in total. The molecule has 0 saturated carbocycles. The van der Waals surface area contributed by atoms with Crippen molar-refractivity contribution in [2.75, 3.05) is 59.6 Å². The monoisotopic (exact) mass is 419 g/mol. The number of hydrazone groups is 1. The number of hydrogen-bond acceptors (Lipinski definition) is 6. The Morgan fingerprint density at radius 1 is 1.17 bits per heavy atom. The molecule has 0 bridgehead atoms. The first kappa shape index (κ1) is 22.0. The third-order valence-corrected chi connectivity index (χ3v) is 5.67. The summed E-state index contributed by atoms with van der Waals surface area (Å²) in [7, 11) is 1.73. The lowest BCUT2D eigenvalue weighted by Crippen LogP contribution is -2.42. The van der Waals surface area contributed by atoms with Crippen LogP contribution >= 0.6 is 12.2 Å². The lowest BCUT2D eigenvalue weighted by atomic mass is 10.1. The van der Waals surface area contributed by atoms with E-state index in [-0.39, 0.29) is 0 Å². The summed E-state index contributed by atoms with van der Waals surface area (Å²) in [6.07, 6.45) is 2.56. The topological polar surface area (TPSA) is 61.4 Å². The van der Waals surface area contributed by atoms with Crippen molar-refractivity contribution < 1.29 is 9.47 Å². The molecule has 2 aliphatic heterocycles. The van der Waals surface area contributed by atoms with Gasteiger partial charge in [0.05, 0.1) is 26.0 Å². The van der Waals surface area contributed by atoms with E-state index in [1.807, 2.05) is 19.1 Å². The molecule has 0 amide bonds. The van der Waals surface area contributed by atoms with E-state index in [0.717, 1.165) is 76.1 Å². The van der Waals surface area contributed by atoms with Crippen LogP contribution in [0.3, 0.4) is 0 Å². The van der Waals surface area contributed by atoms with E-state index in [1.165, 1.54) is 18.4 Å². The van der Waals surface area contributed by atoms with Gasteiger partial charge in [-0.15, -0.1) is 0 Å². The van der Waals surface area contributed by atoms with E-state index in [2.05, 4.69) is 31.7 Å². The zero-order chi connectivity index (χ0) is 20.5. The molecule has 0 radical (unpaired) electrons. The van der Waals surface area contributed by atoms with Crippen molar-refractivity contribution in [3.63, 3.8) is 0 Å². The third kappa shape index (κ3) is 6.92. The summed E-state index contributed by atoms with van der Waals surface area (Å²) >= 11 is 5.35. The molecule has 2 N–H and O–H groups in total. The van der Waals surface area contributed by atoms with Gasteiger partial charge in [0.2, 0.25) is 0 Å². The number of likely N-dealkylation sites (tertiary alicyclic amines) is 1. The summed E-state index contributed by atoms with van der Waals surface area (Å²) in [6.45, 7) is 10.6. The summed E-state index contributed by atoms with van der Waals surface area (Å²) in [6, 6.07) is 6.24. The first-order chi connectivity index (χ1) is 14.2. The number of nitrogens with one attached hydrogen (secondary N) is 2. The molecule has 2 saturated heterocycles. The average Bonchev–Trinajstić information content (AvgIpc) is 3.26. The van der Waals surface area contributed by atoms with Crippen molar-refractivity contribution >= 4 is 23.0 Å². The van der Waals surface area contributed by atoms with Crippen LogP contribution in [-0.4, -0.2) is 80.2 Å². The van der Waals surface area contributed by atoms with Crippen molar-refractivity contribution in [2.24, 2.45) is 5.10 Å². The molecule has 0 aliphatic carbocycles. The van der Waals surface area contributed by atoms with Crippen molar-refractivity contribution in [3.05, 3.63) is 29.3 Å². The Bertz CT molecular complexity index is 700. The molecule has 3 rings (SSSR count). The van der Waals surface area contributed by atoms with Gasteiger partial charge in [-0.1, -0.05) is 0 Å². The highest BCUT2D eigenvalue weighted by atomic mass is 32.1. The number of methoxy groups -OCH3 is 1. The van der Waals surface area contributed by atoms with Gasteiger partial charge in [-0.25, -0.2) is 0 Å². The minimum absolute atomic E-state index is 0.545. The van der Waals surface area contributed by atoms with E-state index < -0.39 is 0 Å². The molecular formula is C21H33N5O2S. The fourth-order valence-electron chi connectivity index (χ4n) is 3.70. The van der Waals surface area contributed by atoms with E-state index >= 15 is 0 Å². The molecule has 0 atom stereocenters. The second-order valence-electron chi connectivity index (χ2n) is 7.53. The highest BCUT2D eigenvalue weighted by molar-refractivity contribution is 7.80. The van der Waals surface area contributed by atoms with Gasteiger partial charge in [0, 0.05) is 38.3 Å². The number of morpholine rings is 1. The summed E-state index contributed by atoms with van der Waals surface area (Å²) in [5.74, 6) is 0.932. The minimum Gasteiger partial charge on any atom is -0.496 e. The number of rotatable bonds is 8. The highest BCUT2D eigenvalue weighted by Gasteiger charge is 2.15. The highest BCUT2D eigenvalue weighted by Crippen LogP contribution is 2.23. The maximum atomic E-state index is 5.56. The maximum Gasteiger partial charge on any atom is 0.187 e. The number of ether oxygens (including phenoxy) is 2. The van der Waals surface area contributed by atoms with Crippen LogP contribution in [0.4, 0.5) is 0 Å². The smallest absolute Gasteiger partial charge is 0.187 e. The quantitative estimate of drug-likeness (QED) is 0.379. The van der Waals surface area contributed by atoms with Gasteiger partial charge in [0.1, 0.15) is 5.75 Å². The number of thiocarbonyl (C=S) groups is 1. The van der Waals surface area contributed by atoms with Crippen molar-refractivity contribution in [2.45, 2.75) is 26.3 Å². The van der Waals surface area contributed by atoms with Gasteiger partial charge in [0.15, 0.2) is 5.11 Å². The molecule has 0 unspecified atom stereocenters.